The third-order valence-electron chi connectivity index (χ3n) is 3.87. The molecule has 2 fully saturated rings. The van der Waals surface area contributed by atoms with E-state index in [1.54, 1.807) is 12.3 Å². The van der Waals surface area contributed by atoms with Crippen molar-refractivity contribution in [1.29, 1.82) is 0 Å². The third kappa shape index (κ3) is 2.31. The predicted octanol–water partition coefficient (Wildman–Crippen LogP) is -0.353. The molecule has 104 valence electrons. The maximum Gasteiger partial charge on any atom is 0.407 e. The molecule has 1 saturated heterocycles. The topological polar surface area (TPSA) is 88.4 Å². The zero-order valence-electron chi connectivity index (χ0n) is 10.6. The largest absolute Gasteiger partial charge is 0.465 e. The summed E-state index contributed by atoms with van der Waals surface area (Å²) in [6.07, 6.45) is 5.65. The molecule has 3 N–H and O–H groups in total. The Labute approximate surface area is 111 Å². The van der Waals surface area contributed by atoms with Crippen LogP contribution in [0.15, 0.2) is 17.3 Å². The Morgan fingerprint density at radius 3 is 2.95 bits per heavy atom. The molecule has 0 bridgehead atoms. The van der Waals surface area contributed by atoms with E-state index in [4.69, 9.17) is 5.11 Å². The minimum atomic E-state index is -0.904. The summed E-state index contributed by atoms with van der Waals surface area (Å²) in [7, 11) is 0. The fraction of sp³-hybridized carbons (Fsp3) is 0.667. The number of hydrogen-bond acceptors (Lipinski definition) is 5. The van der Waals surface area contributed by atoms with Crippen LogP contribution in [0.3, 0.4) is 0 Å². The van der Waals surface area contributed by atoms with Crippen LogP contribution in [0.1, 0.15) is 12.8 Å². The van der Waals surface area contributed by atoms with Crippen LogP contribution in [0.2, 0.25) is 0 Å². The number of carbonyl (C=O) groups is 1. The molecule has 3 rings (SSSR count). The van der Waals surface area contributed by atoms with Gasteiger partial charge >= 0.3 is 6.09 Å². The molecule has 0 aromatic rings. The first-order valence-corrected chi connectivity index (χ1v) is 6.52. The number of amides is 1. The van der Waals surface area contributed by atoms with Crippen LogP contribution in [0.25, 0.3) is 0 Å². The van der Waals surface area contributed by atoms with Crippen LogP contribution in [0, 0.1) is 0 Å². The average Bonchev–Trinajstić information content (AvgIpc) is 3.18. The highest BCUT2D eigenvalue weighted by atomic mass is 16.4. The first-order chi connectivity index (χ1) is 9.10. The van der Waals surface area contributed by atoms with Crippen molar-refractivity contribution in [3.05, 3.63) is 12.3 Å². The molecule has 7 heteroatoms. The maximum absolute atomic E-state index is 11.1. The van der Waals surface area contributed by atoms with E-state index in [1.165, 1.54) is 4.90 Å². The van der Waals surface area contributed by atoms with Crippen LogP contribution in [-0.4, -0.2) is 69.9 Å². The van der Waals surface area contributed by atoms with E-state index >= 15 is 0 Å². The smallest absolute Gasteiger partial charge is 0.407 e. The van der Waals surface area contributed by atoms with Gasteiger partial charge in [-0.05, 0) is 18.9 Å². The van der Waals surface area contributed by atoms with Crippen molar-refractivity contribution in [2.24, 2.45) is 4.99 Å². The van der Waals surface area contributed by atoms with E-state index in [1.807, 2.05) is 11.1 Å². The number of piperazine rings is 1. The number of rotatable bonds is 2. The van der Waals surface area contributed by atoms with Gasteiger partial charge in [0, 0.05) is 32.0 Å². The summed E-state index contributed by atoms with van der Waals surface area (Å²) in [5.41, 5.74) is -0.799. The lowest BCUT2D eigenvalue weighted by Crippen LogP contribution is -2.61. The fourth-order valence-electron chi connectivity index (χ4n) is 2.63. The van der Waals surface area contributed by atoms with E-state index in [0.29, 0.717) is 19.6 Å². The molecule has 0 radical (unpaired) electrons. The van der Waals surface area contributed by atoms with E-state index in [0.717, 1.165) is 12.8 Å². The molecule has 2 unspecified atom stereocenters. The zero-order valence-corrected chi connectivity index (χ0v) is 10.6. The van der Waals surface area contributed by atoms with Gasteiger partial charge in [0.05, 0.1) is 6.04 Å². The van der Waals surface area contributed by atoms with Crippen molar-refractivity contribution >= 4 is 12.3 Å². The van der Waals surface area contributed by atoms with Gasteiger partial charge < -0.3 is 25.3 Å². The lowest BCUT2D eigenvalue weighted by Gasteiger charge is -2.42. The molecule has 19 heavy (non-hydrogen) atoms. The fourth-order valence-corrected chi connectivity index (χ4v) is 2.63. The molecule has 1 aliphatic carbocycles. The number of nitrogens with one attached hydrogen (secondary N) is 1. The molecule has 7 nitrogen and oxygen atoms in total. The quantitative estimate of drug-likeness (QED) is 0.635. The molecule has 1 saturated carbocycles. The van der Waals surface area contributed by atoms with Gasteiger partial charge in [0.2, 0.25) is 0 Å². The highest BCUT2D eigenvalue weighted by molar-refractivity contribution is 5.72. The predicted molar refractivity (Wildman–Crippen MR) is 68.8 cm³/mol. The molecular formula is C12H18N4O3. The second-order valence-electron chi connectivity index (χ2n) is 5.23. The lowest BCUT2D eigenvalue weighted by molar-refractivity contribution is -0.0276. The van der Waals surface area contributed by atoms with Crippen molar-refractivity contribution in [2.45, 2.75) is 30.8 Å². The van der Waals surface area contributed by atoms with Gasteiger partial charge in [-0.25, -0.2) is 4.79 Å². The highest BCUT2D eigenvalue weighted by Crippen LogP contribution is 2.41. The Balaban J connectivity index is 1.74. The van der Waals surface area contributed by atoms with Crippen LogP contribution in [-0.2, 0) is 0 Å². The van der Waals surface area contributed by atoms with Gasteiger partial charge in [-0.1, -0.05) is 0 Å². The van der Waals surface area contributed by atoms with Gasteiger partial charge in [-0.2, -0.15) is 0 Å². The van der Waals surface area contributed by atoms with Gasteiger partial charge in [0.25, 0.3) is 0 Å². The molecular weight excluding hydrogens is 248 g/mol. The Morgan fingerprint density at radius 1 is 1.47 bits per heavy atom. The Hall–Kier alpha value is -1.60. The van der Waals surface area contributed by atoms with Crippen molar-refractivity contribution in [3.8, 4) is 0 Å². The summed E-state index contributed by atoms with van der Waals surface area (Å²) >= 11 is 0. The van der Waals surface area contributed by atoms with E-state index in [2.05, 4.69) is 10.3 Å². The van der Waals surface area contributed by atoms with Crippen molar-refractivity contribution < 1.29 is 15.0 Å². The van der Waals surface area contributed by atoms with E-state index < -0.39 is 11.8 Å². The van der Waals surface area contributed by atoms with Crippen molar-refractivity contribution in [2.75, 3.05) is 19.6 Å². The Bertz CT molecular complexity index is 433. The van der Waals surface area contributed by atoms with Crippen LogP contribution in [0.4, 0.5) is 4.79 Å². The normalized spacial score (nSPS) is 32.5. The first kappa shape index (κ1) is 12.4. The number of carboxylic acid groups (broad SMARTS) is 1. The average molecular weight is 266 g/mol. The van der Waals surface area contributed by atoms with Gasteiger partial charge in [-0.15, -0.1) is 0 Å². The van der Waals surface area contributed by atoms with Crippen LogP contribution in [0.5, 0.6) is 0 Å². The second-order valence-corrected chi connectivity index (χ2v) is 5.23. The van der Waals surface area contributed by atoms with Gasteiger partial charge in [0.15, 0.2) is 0 Å². The zero-order chi connectivity index (χ0) is 13.5. The molecule has 3 aliphatic rings. The van der Waals surface area contributed by atoms with E-state index in [-0.39, 0.29) is 12.2 Å². The Kier molecular flexibility index (Phi) is 2.94. The van der Waals surface area contributed by atoms with Crippen LogP contribution >= 0.6 is 0 Å². The Morgan fingerprint density at radius 2 is 2.26 bits per heavy atom. The molecule has 0 aromatic heterocycles. The maximum atomic E-state index is 11.1. The molecule has 1 amide bonds. The summed E-state index contributed by atoms with van der Waals surface area (Å²) in [6.45, 7) is 1.49. The monoisotopic (exact) mass is 266 g/mol. The number of aliphatic imine (C=N–C) groups is 1. The summed E-state index contributed by atoms with van der Waals surface area (Å²) in [4.78, 5) is 18.7. The van der Waals surface area contributed by atoms with Crippen molar-refractivity contribution in [1.82, 2.24) is 15.1 Å². The van der Waals surface area contributed by atoms with Gasteiger partial charge in [0.1, 0.15) is 11.9 Å². The summed E-state index contributed by atoms with van der Waals surface area (Å²) < 4.78 is 0. The standard InChI is InChI=1S/C12H18N4O3/c17-11(18)15-7-5-13-9(8-15)10-14-4-1-6-16(10)12(19)2-3-12/h1,4,6,9-10,13,19H,2-3,5,7-8H2,(H,17,18). The molecule has 2 heterocycles. The van der Waals surface area contributed by atoms with Crippen molar-refractivity contribution in [3.63, 3.8) is 0 Å². The molecule has 2 aliphatic heterocycles. The second kappa shape index (κ2) is 4.50. The summed E-state index contributed by atoms with van der Waals surface area (Å²) in [5.74, 6) is 0. The number of nitrogens with zero attached hydrogens (tertiary/aromatic N) is 3. The van der Waals surface area contributed by atoms with Gasteiger partial charge in [-0.3, -0.25) is 4.99 Å². The minimum Gasteiger partial charge on any atom is -0.465 e. The lowest BCUT2D eigenvalue weighted by atomic mass is 10.1. The first-order valence-electron chi connectivity index (χ1n) is 6.52. The summed E-state index contributed by atoms with van der Waals surface area (Å²) in [5, 5.41) is 22.6. The SMILES string of the molecule is O=C(O)N1CCNC(C2N=CC=CN2C2(O)CC2)C1. The highest BCUT2D eigenvalue weighted by Gasteiger charge is 2.50. The summed E-state index contributed by atoms with van der Waals surface area (Å²) in [6, 6.07) is -0.101. The number of hydrogen-bond donors (Lipinski definition) is 3. The molecule has 2 atom stereocenters. The molecule has 0 aromatic carbocycles. The third-order valence-corrected chi connectivity index (χ3v) is 3.87. The minimum absolute atomic E-state index is 0.101. The number of allylic oxidation sites excluding steroid dienone is 1. The van der Waals surface area contributed by atoms with Crippen LogP contribution < -0.4 is 5.32 Å². The number of aliphatic hydroxyl groups is 1. The van der Waals surface area contributed by atoms with E-state index in [9.17, 15) is 9.90 Å². The molecule has 0 spiro atoms.